The van der Waals surface area contributed by atoms with Crippen LogP contribution in [0.2, 0.25) is 0 Å². The standard InChI is InChI=1S/C17H17F3N4/c1-16(7-14(17(18,19)20)6-15(21)24-16)13-4-2-3-11(5-13)12-8-22-10-23-9-12/h2-5,8-10,14H,6-7H2,1H3,(H2,21,24)/t14-,16-/m0/s1. The van der Waals surface area contributed by atoms with Crippen LogP contribution in [-0.2, 0) is 5.54 Å². The highest BCUT2D eigenvalue weighted by molar-refractivity contribution is 5.82. The first-order valence-electron chi connectivity index (χ1n) is 7.55. The Labute approximate surface area is 137 Å². The maximum Gasteiger partial charge on any atom is 0.392 e. The molecule has 1 aliphatic heterocycles. The lowest BCUT2D eigenvalue weighted by molar-refractivity contribution is -0.179. The van der Waals surface area contributed by atoms with Gasteiger partial charge in [-0.05, 0) is 30.5 Å². The van der Waals surface area contributed by atoms with Crippen molar-refractivity contribution in [1.29, 1.82) is 0 Å². The number of amidine groups is 1. The van der Waals surface area contributed by atoms with Gasteiger partial charge in [0.1, 0.15) is 6.33 Å². The van der Waals surface area contributed by atoms with Crippen LogP contribution in [0.5, 0.6) is 0 Å². The minimum Gasteiger partial charge on any atom is -0.387 e. The molecular formula is C17H17F3N4. The van der Waals surface area contributed by atoms with Crippen molar-refractivity contribution in [2.24, 2.45) is 16.6 Å². The number of aromatic nitrogens is 2. The second-order valence-corrected chi connectivity index (χ2v) is 6.23. The maximum absolute atomic E-state index is 13.2. The second kappa shape index (κ2) is 5.89. The molecule has 0 aliphatic carbocycles. The summed E-state index contributed by atoms with van der Waals surface area (Å²) in [5.74, 6) is -1.44. The zero-order chi connectivity index (χ0) is 17.4. The van der Waals surface area contributed by atoms with E-state index in [4.69, 9.17) is 5.73 Å². The van der Waals surface area contributed by atoms with E-state index >= 15 is 0 Å². The van der Waals surface area contributed by atoms with Crippen LogP contribution in [-0.4, -0.2) is 22.0 Å². The Kier molecular flexibility index (Phi) is 4.03. The highest BCUT2D eigenvalue weighted by Crippen LogP contribution is 2.44. The molecule has 0 spiro atoms. The molecule has 126 valence electrons. The monoisotopic (exact) mass is 334 g/mol. The van der Waals surface area contributed by atoms with Crippen molar-refractivity contribution >= 4 is 5.84 Å². The van der Waals surface area contributed by atoms with Crippen LogP contribution in [0, 0.1) is 5.92 Å². The smallest absolute Gasteiger partial charge is 0.387 e. The second-order valence-electron chi connectivity index (χ2n) is 6.23. The van der Waals surface area contributed by atoms with Crippen molar-refractivity contribution in [3.8, 4) is 11.1 Å². The molecule has 1 aliphatic rings. The van der Waals surface area contributed by atoms with Crippen LogP contribution in [0.3, 0.4) is 0 Å². The number of halogens is 3. The summed E-state index contributed by atoms with van der Waals surface area (Å²) in [5, 5.41) is 0. The molecule has 3 rings (SSSR count). The average molecular weight is 334 g/mol. The summed E-state index contributed by atoms with van der Waals surface area (Å²) in [6, 6.07) is 7.27. The third-order valence-corrected chi connectivity index (χ3v) is 4.33. The SMILES string of the molecule is C[C@@]1(c2cccc(-c3cncnc3)c2)C[C@@H](C(F)(F)F)CC(N)=N1. The van der Waals surface area contributed by atoms with Gasteiger partial charge in [-0.3, -0.25) is 4.99 Å². The van der Waals surface area contributed by atoms with E-state index in [9.17, 15) is 13.2 Å². The van der Waals surface area contributed by atoms with Gasteiger partial charge < -0.3 is 5.73 Å². The van der Waals surface area contributed by atoms with Gasteiger partial charge >= 0.3 is 6.18 Å². The predicted molar refractivity (Wildman–Crippen MR) is 85.2 cm³/mol. The molecule has 0 radical (unpaired) electrons. The van der Waals surface area contributed by atoms with E-state index in [1.54, 1.807) is 31.5 Å². The van der Waals surface area contributed by atoms with E-state index in [2.05, 4.69) is 15.0 Å². The van der Waals surface area contributed by atoms with Gasteiger partial charge in [0.15, 0.2) is 0 Å². The lowest BCUT2D eigenvalue weighted by Gasteiger charge is -2.36. The van der Waals surface area contributed by atoms with Gasteiger partial charge in [0.05, 0.1) is 17.3 Å². The number of rotatable bonds is 2. The van der Waals surface area contributed by atoms with E-state index in [0.29, 0.717) is 5.56 Å². The van der Waals surface area contributed by atoms with E-state index in [0.717, 1.165) is 11.1 Å². The number of benzene rings is 1. The normalized spacial score (nSPS) is 24.5. The van der Waals surface area contributed by atoms with Crippen molar-refractivity contribution in [3.05, 3.63) is 48.5 Å². The van der Waals surface area contributed by atoms with Crippen LogP contribution >= 0.6 is 0 Å². The zero-order valence-corrected chi connectivity index (χ0v) is 13.1. The molecule has 0 bridgehead atoms. The van der Waals surface area contributed by atoms with Crippen LogP contribution in [0.25, 0.3) is 11.1 Å². The van der Waals surface area contributed by atoms with Gasteiger partial charge in [0, 0.05) is 24.4 Å². The first kappa shape index (κ1) is 16.4. The molecule has 2 atom stereocenters. The molecule has 2 N–H and O–H groups in total. The lowest BCUT2D eigenvalue weighted by atomic mass is 9.78. The number of nitrogens with two attached hydrogens (primary N) is 1. The van der Waals surface area contributed by atoms with Crippen LogP contribution in [0.15, 0.2) is 48.0 Å². The predicted octanol–water partition coefficient (Wildman–Crippen LogP) is 3.69. The molecule has 2 aromatic rings. The number of hydrogen-bond donors (Lipinski definition) is 1. The van der Waals surface area contributed by atoms with Gasteiger partial charge in [-0.25, -0.2) is 9.97 Å². The average Bonchev–Trinajstić information content (AvgIpc) is 2.54. The maximum atomic E-state index is 13.2. The number of alkyl halides is 3. The minimum atomic E-state index is -4.29. The molecule has 1 aromatic heterocycles. The van der Waals surface area contributed by atoms with Crippen LogP contribution < -0.4 is 5.73 Å². The van der Waals surface area contributed by atoms with Gasteiger partial charge in [-0.1, -0.05) is 18.2 Å². The third kappa shape index (κ3) is 3.25. The molecule has 0 amide bonds. The van der Waals surface area contributed by atoms with Crippen LogP contribution in [0.4, 0.5) is 13.2 Å². The Bertz CT molecular complexity index is 758. The fourth-order valence-corrected chi connectivity index (χ4v) is 3.11. The molecule has 7 heteroatoms. The van der Waals surface area contributed by atoms with Gasteiger partial charge in [-0.2, -0.15) is 13.2 Å². The summed E-state index contributed by atoms with van der Waals surface area (Å²) in [4.78, 5) is 12.3. The van der Waals surface area contributed by atoms with Crippen molar-refractivity contribution in [2.45, 2.75) is 31.5 Å². The highest BCUT2D eigenvalue weighted by atomic mass is 19.4. The fraction of sp³-hybridized carbons (Fsp3) is 0.353. The van der Waals surface area contributed by atoms with E-state index in [1.165, 1.54) is 6.33 Å². The van der Waals surface area contributed by atoms with Crippen molar-refractivity contribution in [1.82, 2.24) is 9.97 Å². The fourth-order valence-electron chi connectivity index (χ4n) is 3.11. The molecule has 2 heterocycles. The van der Waals surface area contributed by atoms with E-state index in [1.807, 2.05) is 12.1 Å². The molecule has 24 heavy (non-hydrogen) atoms. The molecule has 4 nitrogen and oxygen atoms in total. The first-order valence-corrected chi connectivity index (χ1v) is 7.55. The largest absolute Gasteiger partial charge is 0.392 e. The Morgan fingerprint density at radius 3 is 2.54 bits per heavy atom. The molecular weight excluding hydrogens is 317 g/mol. The van der Waals surface area contributed by atoms with Crippen molar-refractivity contribution in [3.63, 3.8) is 0 Å². The quantitative estimate of drug-likeness (QED) is 0.911. The van der Waals surface area contributed by atoms with Gasteiger partial charge in [-0.15, -0.1) is 0 Å². The summed E-state index contributed by atoms with van der Waals surface area (Å²) < 4.78 is 39.6. The van der Waals surface area contributed by atoms with Gasteiger partial charge in [0.2, 0.25) is 0 Å². The Morgan fingerprint density at radius 2 is 1.88 bits per heavy atom. The number of aliphatic imine (C=N–C) groups is 1. The first-order chi connectivity index (χ1) is 11.3. The number of hydrogen-bond acceptors (Lipinski definition) is 4. The number of nitrogens with zero attached hydrogens (tertiary/aromatic N) is 3. The molecule has 1 aromatic carbocycles. The molecule has 0 unspecified atom stereocenters. The van der Waals surface area contributed by atoms with Crippen LogP contribution in [0.1, 0.15) is 25.3 Å². The molecule has 0 fully saturated rings. The highest BCUT2D eigenvalue weighted by Gasteiger charge is 2.47. The van der Waals surface area contributed by atoms with E-state index < -0.39 is 17.6 Å². The lowest BCUT2D eigenvalue weighted by Crippen LogP contribution is -2.40. The summed E-state index contributed by atoms with van der Waals surface area (Å²) >= 11 is 0. The molecule has 0 saturated carbocycles. The summed E-state index contributed by atoms with van der Waals surface area (Å²) in [5.41, 5.74) is 7.03. The molecule has 0 saturated heterocycles. The Balaban J connectivity index is 2.00. The minimum absolute atomic E-state index is 0.0412. The topological polar surface area (TPSA) is 64.2 Å². The summed E-state index contributed by atoms with van der Waals surface area (Å²) in [6.07, 6.45) is 0.0929. The van der Waals surface area contributed by atoms with E-state index in [-0.39, 0.29) is 18.7 Å². The Morgan fingerprint density at radius 1 is 1.17 bits per heavy atom. The van der Waals surface area contributed by atoms with Gasteiger partial charge in [0.25, 0.3) is 0 Å². The Hall–Kier alpha value is -2.44. The van der Waals surface area contributed by atoms with Crippen molar-refractivity contribution in [2.75, 3.05) is 0 Å². The zero-order valence-electron chi connectivity index (χ0n) is 13.1. The summed E-state index contributed by atoms with van der Waals surface area (Å²) in [7, 11) is 0. The third-order valence-electron chi connectivity index (χ3n) is 4.33. The van der Waals surface area contributed by atoms with Crippen molar-refractivity contribution < 1.29 is 13.2 Å². The summed E-state index contributed by atoms with van der Waals surface area (Å²) in [6.45, 7) is 1.69.